The van der Waals surface area contributed by atoms with Crippen LogP contribution in [0, 0.1) is 0 Å². The van der Waals surface area contributed by atoms with Crippen LogP contribution in [0.25, 0.3) is 0 Å². The lowest BCUT2D eigenvalue weighted by Gasteiger charge is -2.08. The van der Waals surface area contributed by atoms with Gasteiger partial charge >= 0.3 is 10.1 Å². The van der Waals surface area contributed by atoms with E-state index < -0.39 is 10.1 Å². The molecule has 0 aliphatic heterocycles. The van der Waals surface area contributed by atoms with Gasteiger partial charge in [-0.2, -0.15) is 8.42 Å². The molecule has 0 atom stereocenters. The molecule has 2 aromatic rings. The first-order valence-electron chi connectivity index (χ1n) is 6.04. The van der Waals surface area contributed by atoms with Gasteiger partial charge in [0.1, 0.15) is 16.4 Å². The largest absolute Gasteiger partial charge is 0.494 e. The third kappa shape index (κ3) is 3.42. The summed E-state index contributed by atoms with van der Waals surface area (Å²) in [5.41, 5.74) is 6.01. The molecule has 0 aromatic heterocycles. The minimum absolute atomic E-state index is 0.0587. The quantitative estimate of drug-likeness (QED) is 0.676. The lowest BCUT2D eigenvalue weighted by molar-refractivity contribution is 0.340. The second-order valence-electron chi connectivity index (χ2n) is 4.01. The number of ether oxygens (including phenoxy) is 1. The third-order valence-electron chi connectivity index (χ3n) is 2.49. The van der Waals surface area contributed by atoms with Crippen LogP contribution in [0.3, 0.4) is 0 Å². The van der Waals surface area contributed by atoms with E-state index in [1.807, 2.05) is 6.92 Å². The Bertz CT molecular complexity index is 681. The number of nitrogen functional groups attached to an aromatic ring is 1. The predicted molar refractivity (Wildman–Crippen MR) is 76.3 cm³/mol. The Labute approximate surface area is 118 Å². The lowest BCUT2D eigenvalue weighted by Crippen LogP contribution is -2.09. The zero-order chi connectivity index (χ0) is 14.6. The van der Waals surface area contributed by atoms with E-state index in [1.54, 1.807) is 24.3 Å². The standard InChI is InChI=1S/C14H15NO4S/c1-2-18-12-6-8-14(9-7-12)20(16,17)19-13-5-3-4-11(15)10-13/h3-10H,2,15H2,1H3. The van der Waals surface area contributed by atoms with Gasteiger partial charge in [-0.15, -0.1) is 0 Å². The van der Waals surface area contributed by atoms with Crippen LogP contribution in [0.5, 0.6) is 11.5 Å². The molecular formula is C14H15NO4S. The number of anilines is 1. The molecule has 0 saturated carbocycles. The van der Waals surface area contributed by atoms with Crippen molar-refractivity contribution < 1.29 is 17.3 Å². The molecule has 0 saturated heterocycles. The summed E-state index contributed by atoms with van der Waals surface area (Å²) in [5.74, 6) is 0.786. The molecule has 0 unspecified atom stereocenters. The van der Waals surface area contributed by atoms with Gasteiger partial charge in [0.05, 0.1) is 6.61 Å². The zero-order valence-electron chi connectivity index (χ0n) is 10.9. The molecule has 0 spiro atoms. The van der Waals surface area contributed by atoms with Crippen LogP contribution in [-0.4, -0.2) is 15.0 Å². The van der Waals surface area contributed by atoms with Crippen LogP contribution in [-0.2, 0) is 10.1 Å². The smallest absolute Gasteiger partial charge is 0.339 e. The molecule has 0 heterocycles. The van der Waals surface area contributed by atoms with Crippen molar-refractivity contribution in [2.75, 3.05) is 12.3 Å². The summed E-state index contributed by atoms with van der Waals surface area (Å²) in [6, 6.07) is 12.3. The summed E-state index contributed by atoms with van der Waals surface area (Å²) in [6.45, 7) is 2.37. The highest BCUT2D eigenvalue weighted by Gasteiger charge is 2.16. The van der Waals surface area contributed by atoms with E-state index in [0.29, 0.717) is 18.0 Å². The van der Waals surface area contributed by atoms with Crippen molar-refractivity contribution >= 4 is 15.8 Å². The molecule has 20 heavy (non-hydrogen) atoms. The fourth-order valence-electron chi connectivity index (χ4n) is 1.61. The van der Waals surface area contributed by atoms with E-state index in [9.17, 15) is 8.42 Å². The molecule has 0 fully saturated rings. The number of hydrogen-bond donors (Lipinski definition) is 1. The second-order valence-corrected chi connectivity index (χ2v) is 5.56. The van der Waals surface area contributed by atoms with E-state index in [4.69, 9.17) is 14.7 Å². The summed E-state index contributed by atoms with van der Waals surface area (Å²) < 4.78 is 34.4. The normalized spacial score (nSPS) is 11.1. The Morgan fingerprint density at radius 1 is 1.05 bits per heavy atom. The average Bonchev–Trinajstić information content (AvgIpc) is 2.39. The van der Waals surface area contributed by atoms with Crippen LogP contribution >= 0.6 is 0 Å². The maximum absolute atomic E-state index is 12.1. The van der Waals surface area contributed by atoms with E-state index >= 15 is 0 Å². The SMILES string of the molecule is CCOc1ccc(S(=O)(=O)Oc2cccc(N)c2)cc1. The molecule has 2 N–H and O–H groups in total. The van der Waals surface area contributed by atoms with Crippen LogP contribution in [0.15, 0.2) is 53.4 Å². The first kappa shape index (κ1) is 14.2. The van der Waals surface area contributed by atoms with Gasteiger partial charge in [0.15, 0.2) is 0 Å². The fraction of sp³-hybridized carbons (Fsp3) is 0.143. The molecule has 0 aliphatic rings. The van der Waals surface area contributed by atoms with E-state index in [2.05, 4.69) is 0 Å². The Hall–Kier alpha value is -2.21. The second kappa shape index (κ2) is 5.83. The van der Waals surface area contributed by atoms with Crippen molar-refractivity contribution in [3.63, 3.8) is 0 Å². The number of benzene rings is 2. The molecule has 2 rings (SSSR count). The van der Waals surface area contributed by atoms with Gasteiger partial charge in [0.25, 0.3) is 0 Å². The van der Waals surface area contributed by atoms with E-state index in [1.165, 1.54) is 24.3 Å². The molecule has 0 bridgehead atoms. The monoisotopic (exact) mass is 293 g/mol. The van der Waals surface area contributed by atoms with Crippen molar-refractivity contribution in [1.82, 2.24) is 0 Å². The number of hydrogen-bond acceptors (Lipinski definition) is 5. The van der Waals surface area contributed by atoms with Crippen molar-refractivity contribution in [2.24, 2.45) is 0 Å². The summed E-state index contributed by atoms with van der Waals surface area (Å²) in [4.78, 5) is 0.0587. The van der Waals surface area contributed by atoms with Crippen molar-refractivity contribution in [2.45, 2.75) is 11.8 Å². The summed E-state index contributed by atoms with van der Waals surface area (Å²) >= 11 is 0. The lowest BCUT2D eigenvalue weighted by atomic mass is 10.3. The van der Waals surface area contributed by atoms with Gasteiger partial charge in [-0.25, -0.2) is 0 Å². The first-order chi connectivity index (χ1) is 9.51. The third-order valence-corrected chi connectivity index (χ3v) is 3.75. The zero-order valence-corrected chi connectivity index (χ0v) is 11.8. The fourth-order valence-corrected chi connectivity index (χ4v) is 2.53. The van der Waals surface area contributed by atoms with E-state index in [0.717, 1.165) is 0 Å². The molecular weight excluding hydrogens is 278 g/mol. The Morgan fingerprint density at radius 2 is 1.75 bits per heavy atom. The van der Waals surface area contributed by atoms with Crippen LogP contribution in [0.4, 0.5) is 5.69 Å². The maximum atomic E-state index is 12.1. The van der Waals surface area contributed by atoms with Gasteiger partial charge in [0.2, 0.25) is 0 Å². The Morgan fingerprint density at radius 3 is 2.35 bits per heavy atom. The Kier molecular flexibility index (Phi) is 4.14. The Balaban J connectivity index is 2.21. The number of rotatable bonds is 5. The highest BCUT2D eigenvalue weighted by molar-refractivity contribution is 7.87. The van der Waals surface area contributed by atoms with Crippen LogP contribution < -0.4 is 14.7 Å². The van der Waals surface area contributed by atoms with Crippen molar-refractivity contribution in [1.29, 1.82) is 0 Å². The average molecular weight is 293 g/mol. The van der Waals surface area contributed by atoms with Gasteiger partial charge in [0, 0.05) is 11.8 Å². The van der Waals surface area contributed by atoms with Crippen molar-refractivity contribution in [3.8, 4) is 11.5 Å². The molecule has 6 heteroatoms. The topological polar surface area (TPSA) is 78.6 Å². The van der Waals surface area contributed by atoms with Crippen LogP contribution in [0.1, 0.15) is 6.92 Å². The van der Waals surface area contributed by atoms with Gasteiger partial charge in [-0.3, -0.25) is 0 Å². The molecule has 106 valence electrons. The van der Waals surface area contributed by atoms with Crippen molar-refractivity contribution in [3.05, 3.63) is 48.5 Å². The van der Waals surface area contributed by atoms with Crippen LogP contribution in [0.2, 0.25) is 0 Å². The maximum Gasteiger partial charge on any atom is 0.339 e. The van der Waals surface area contributed by atoms with E-state index in [-0.39, 0.29) is 10.6 Å². The summed E-state index contributed by atoms with van der Waals surface area (Å²) in [7, 11) is -3.87. The molecule has 0 aliphatic carbocycles. The summed E-state index contributed by atoms with van der Waals surface area (Å²) in [5, 5.41) is 0. The van der Waals surface area contributed by atoms with Gasteiger partial charge in [-0.1, -0.05) is 6.07 Å². The molecule has 2 aromatic carbocycles. The van der Waals surface area contributed by atoms with Gasteiger partial charge < -0.3 is 14.7 Å². The minimum atomic E-state index is -3.87. The predicted octanol–water partition coefficient (Wildman–Crippen LogP) is 2.44. The molecule has 5 nitrogen and oxygen atoms in total. The molecule has 0 radical (unpaired) electrons. The minimum Gasteiger partial charge on any atom is -0.494 e. The highest BCUT2D eigenvalue weighted by atomic mass is 32.2. The summed E-state index contributed by atoms with van der Waals surface area (Å²) in [6.07, 6.45) is 0. The highest BCUT2D eigenvalue weighted by Crippen LogP contribution is 2.22. The first-order valence-corrected chi connectivity index (χ1v) is 7.45. The van der Waals surface area contributed by atoms with Gasteiger partial charge in [-0.05, 0) is 43.3 Å². The number of nitrogens with two attached hydrogens (primary N) is 1. The molecule has 0 amide bonds.